The van der Waals surface area contributed by atoms with Gasteiger partial charge in [-0.2, -0.15) is 5.10 Å². The summed E-state index contributed by atoms with van der Waals surface area (Å²) in [5.74, 6) is 0.237. The minimum atomic E-state index is -0.0155. The molecule has 0 saturated heterocycles. The fourth-order valence-electron chi connectivity index (χ4n) is 3.23. The summed E-state index contributed by atoms with van der Waals surface area (Å²) in [5, 5.41) is 7.94. The van der Waals surface area contributed by atoms with E-state index in [1.165, 1.54) is 0 Å². The number of hydrogen-bond donors (Lipinski definition) is 1. The van der Waals surface area contributed by atoms with Gasteiger partial charge >= 0.3 is 0 Å². The van der Waals surface area contributed by atoms with Crippen molar-refractivity contribution in [2.45, 2.75) is 35.8 Å². The molecule has 0 radical (unpaired) electrons. The Kier molecular flexibility index (Phi) is 4.26. The summed E-state index contributed by atoms with van der Waals surface area (Å²) in [6.45, 7) is 4.32. The standard InChI is InChI=1S/C19H17ClN2OS2/c1-19(2)9-13-16(15(23)10-19)18(24-12-5-3-11(20)4-6-12)25-17(13)14-7-8-21-22-14/h3-8H,9-10H2,1-2H3,(H,21,22). The molecule has 0 amide bonds. The van der Waals surface area contributed by atoms with Crippen LogP contribution >= 0.6 is 34.7 Å². The highest BCUT2D eigenvalue weighted by Crippen LogP contribution is 2.49. The number of rotatable bonds is 3. The monoisotopic (exact) mass is 388 g/mol. The molecule has 1 N–H and O–H groups in total. The quantitative estimate of drug-likeness (QED) is 0.589. The lowest BCUT2D eigenvalue weighted by molar-refractivity contribution is 0.0910. The Hall–Kier alpha value is -1.56. The van der Waals surface area contributed by atoms with E-state index in [1.807, 2.05) is 36.5 Å². The minimum absolute atomic E-state index is 0.0155. The zero-order valence-corrected chi connectivity index (χ0v) is 16.3. The fourth-order valence-corrected chi connectivity index (χ4v) is 5.93. The number of fused-ring (bicyclic) bond motifs is 1. The van der Waals surface area contributed by atoms with Crippen LogP contribution in [0.2, 0.25) is 5.02 Å². The third kappa shape index (κ3) is 3.28. The average Bonchev–Trinajstić information content (AvgIpc) is 3.16. The van der Waals surface area contributed by atoms with Crippen molar-refractivity contribution >= 4 is 40.5 Å². The van der Waals surface area contributed by atoms with Crippen LogP contribution in [0.4, 0.5) is 0 Å². The number of aromatic nitrogens is 2. The number of nitrogens with zero attached hydrogens (tertiary/aromatic N) is 1. The van der Waals surface area contributed by atoms with E-state index in [0.29, 0.717) is 11.4 Å². The zero-order valence-electron chi connectivity index (χ0n) is 13.9. The van der Waals surface area contributed by atoms with Crippen molar-refractivity contribution in [2.75, 3.05) is 0 Å². The van der Waals surface area contributed by atoms with Gasteiger partial charge in [0.15, 0.2) is 5.78 Å². The summed E-state index contributed by atoms with van der Waals surface area (Å²) < 4.78 is 1.05. The van der Waals surface area contributed by atoms with Gasteiger partial charge in [-0.15, -0.1) is 11.3 Å². The first-order chi connectivity index (χ1) is 11.9. The highest BCUT2D eigenvalue weighted by Gasteiger charge is 2.36. The van der Waals surface area contributed by atoms with Crippen LogP contribution < -0.4 is 0 Å². The minimum Gasteiger partial charge on any atom is -0.294 e. The Morgan fingerprint density at radius 2 is 1.96 bits per heavy atom. The summed E-state index contributed by atoms with van der Waals surface area (Å²) in [5.41, 5.74) is 2.94. The van der Waals surface area contributed by atoms with E-state index in [2.05, 4.69) is 24.0 Å². The maximum Gasteiger partial charge on any atom is 0.165 e. The number of aromatic amines is 1. The number of hydrogen-bond acceptors (Lipinski definition) is 4. The molecule has 1 aromatic carbocycles. The molecule has 2 heterocycles. The van der Waals surface area contributed by atoms with Crippen molar-refractivity contribution in [1.29, 1.82) is 0 Å². The summed E-state index contributed by atoms with van der Waals surface area (Å²) in [6, 6.07) is 9.71. The predicted octanol–water partition coefficient (Wildman–Crippen LogP) is 6.10. The van der Waals surface area contributed by atoms with Gasteiger partial charge in [0.05, 0.1) is 9.09 Å². The molecule has 3 aromatic rings. The van der Waals surface area contributed by atoms with Crippen LogP contribution in [0.25, 0.3) is 10.6 Å². The summed E-state index contributed by atoms with van der Waals surface area (Å²) in [4.78, 5) is 15.1. The third-order valence-electron chi connectivity index (χ3n) is 4.31. The van der Waals surface area contributed by atoms with E-state index in [1.54, 1.807) is 23.1 Å². The van der Waals surface area contributed by atoms with Gasteiger partial charge < -0.3 is 0 Å². The second-order valence-electron chi connectivity index (χ2n) is 7.03. The van der Waals surface area contributed by atoms with Gasteiger partial charge in [-0.1, -0.05) is 37.2 Å². The number of H-pyrrole nitrogens is 1. The molecule has 0 fully saturated rings. The molecule has 2 aromatic heterocycles. The highest BCUT2D eigenvalue weighted by molar-refractivity contribution is 8.01. The molecule has 0 atom stereocenters. The molecule has 1 aliphatic rings. The van der Waals surface area contributed by atoms with Crippen LogP contribution in [0.5, 0.6) is 0 Å². The van der Waals surface area contributed by atoms with E-state index in [-0.39, 0.29) is 11.2 Å². The van der Waals surface area contributed by atoms with Gasteiger partial charge in [-0.05, 0) is 47.7 Å². The summed E-state index contributed by atoms with van der Waals surface area (Å²) in [6.07, 6.45) is 3.31. The smallest absolute Gasteiger partial charge is 0.165 e. The molecule has 0 spiro atoms. The number of benzene rings is 1. The average molecular weight is 389 g/mol. The number of nitrogens with one attached hydrogen (secondary N) is 1. The summed E-state index contributed by atoms with van der Waals surface area (Å²) in [7, 11) is 0. The van der Waals surface area contributed by atoms with Gasteiger partial charge in [0.2, 0.25) is 0 Å². The van der Waals surface area contributed by atoms with Gasteiger partial charge in [0.1, 0.15) is 5.69 Å². The number of carbonyl (C=O) groups excluding carboxylic acids is 1. The van der Waals surface area contributed by atoms with Crippen LogP contribution in [0.1, 0.15) is 36.2 Å². The molecule has 25 heavy (non-hydrogen) atoms. The maximum atomic E-state index is 12.9. The molecule has 6 heteroatoms. The Morgan fingerprint density at radius 1 is 1.20 bits per heavy atom. The van der Waals surface area contributed by atoms with Crippen molar-refractivity contribution in [3.8, 4) is 10.6 Å². The largest absolute Gasteiger partial charge is 0.294 e. The van der Waals surface area contributed by atoms with Crippen LogP contribution in [-0.4, -0.2) is 16.0 Å². The predicted molar refractivity (Wildman–Crippen MR) is 104 cm³/mol. The van der Waals surface area contributed by atoms with Gasteiger partial charge in [0, 0.05) is 28.1 Å². The SMILES string of the molecule is CC1(C)CC(=O)c2c(Sc3ccc(Cl)cc3)sc(-c3cc[nH]n3)c2C1. The molecule has 0 aliphatic heterocycles. The first-order valence-corrected chi connectivity index (χ1v) is 10.1. The molecule has 0 bridgehead atoms. The topological polar surface area (TPSA) is 45.8 Å². The van der Waals surface area contributed by atoms with Gasteiger partial charge in [-0.25, -0.2) is 0 Å². The van der Waals surface area contributed by atoms with Crippen LogP contribution in [0.3, 0.4) is 0 Å². The van der Waals surface area contributed by atoms with Crippen LogP contribution in [0, 0.1) is 5.41 Å². The first-order valence-electron chi connectivity index (χ1n) is 8.05. The van der Waals surface area contributed by atoms with Crippen LogP contribution in [0.15, 0.2) is 45.6 Å². The van der Waals surface area contributed by atoms with E-state index in [4.69, 9.17) is 11.6 Å². The lowest BCUT2D eigenvalue weighted by Gasteiger charge is -2.29. The zero-order chi connectivity index (χ0) is 17.6. The van der Waals surface area contributed by atoms with E-state index in [0.717, 1.165) is 37.2 Å². The normalized spacial score (nSPS) is 16.0. The van der Waals surface area contributed by atoms with E-state index >= 15 is 0 Å². The number of halogens is 1. The first kappa shape index (κ1) is 16.9. The van der Waals surface area contributed by atoms with Crippen molar-refractivity contribution in [2.24, 2.45) is 5.41 Å². The van der Waals surface area contributed by atoms with E-state index < -0.39 is 0 Å². The third-order valence-corrected chi connectivity index (χ3v) is 7.00. The second-order valence-corrected chi connectivity index (χ2v) is 9.83. The van der Waals surface area contributed by atoms with Crippen molar-refractivity contribution in [3.63, 3.8) is 0 Å². The van der Waals surface area contributed by atoms with Crippen molar-refractivity contribution < 1.29 is 4.79 Å². The van der Waals surface area contributed by atoms with Gasteiger partial charge in [-0.3, -0.25) is 9.89 Å². The fraction of sp³-hybridized carbons (Fsp3) is 0.263. The Labute approximate surface area is 159 Å². The molecule has 128 valence electrons. The molecular formula is C19H17ClN2OS2. The number of Topliss-reactive ketones (excluding diaryl/α,β-unsaturated/α-hetero) is 1. The maximum absolute atomic E-state index is 12.9. The lowest BCUT2D eigenvalue weighted by atomic mass is 9.74. The molecule has 3 nitrogen and oxygen atoms in total. The molecule has 0 unspecified atom stereocenters. The van der Waals surface area contributed by atoms with Gasteiger partial charge in [0.25, 0.3) is 0 Å². The van der Waals surface area contributed by atoms with E-state index in [9.17, 15) is 4.79 Å². The lowest BCUT2D eigenvalue weighted by Crippen LogP contribution is -2.26. The molecule has 4 rings (SSSR count). The Balaban J connectivity index is 1.82. The van der Waals surface area contributed by atoms with Crippen molar-refractivity contribution in [1.82, 2.24) is 10.2 Å². The number of ketones is 1. The highest BCUT2D eigenvalue weighted by atomic mass is 35.5. The molecule has 0 saturated carbocycles. The Bertz CT molecular complexity index is 927. The van der Waals surface area contributed by atoms with Crippen LogP contribution in [-0.2, 0) is 6.42 Å². The van der Waals surface area contributed by atoms with Crippen molar-refractivity contribution in [3.05, 3.63) is 52.7 Å². The number of carbonyl (C=O) groups is 1. The number of thiophene rings is 1. The second kappa shape index (κ2) is 6.31. The molecule has 1 aliphatic carbocycles. The Morgan fingerprint density at radius 3 is 2.64 bits per heavy atom. The summed E-state index contributed by atoms with van der Waals surface area (Å²) >= 11 is 9.28. The molecular weight excluding hydrogens is 372 g/mol.